The first kappa shape index (κ1) is 14.0. The predicted octanol–water partition coefficient (Wildman–Crippen LogP) is 3.15. The van der Waals surface area contributed by atoms with Crippen molar-refractivity contribution < 1.29 is 9.50 Å². The standard InChI is InChI=1S/C15H19FN2O/c1-11-5-7-15(10-17,8-6-11)14(2,19)13-4-3-12(16)9-18-13/h3-4,9,11,19H,5-8H2,1-2H3. The van der Waals surface area contributed by atoms with Crippen molar-refractivity contribution in [3.63, 3.8) is 0 Å². The van der Waals surface area contributed by atoms with Crippen molar-refractivity contribution in [2.75, 3.05) is 0 Å². The molecule has 1 aromatic rings. The van der Waals surface area contributed by atoms with Crippen molar-refractivity contribution in [2.45, 2.75) is 45.1 Å². The number of rotatable bonds is 2. The summed E-state index contributed by atoms with van der Waals surface area (Å²) in [6.45, 7) is 3.78. The second kappa shape index (κ2) is 4.90. The Morgan fingerprint density at radius 3 is 2.58 bits per heavy atom. The lowest BCUT2D eigenvalue weighted by Gasteiger charge is -2.43. The third-order valence-corrected chi connectivity index (χ3v) is 4.50. The minimum absolute atomic E-state index is 0.366. The molecule has 1 unspecified atom stereocenters. The van der Waals surface area contributed by atoms with Gasteiger partial charge in [-0.15, -0.1) is 0 Å². The highest BCUT2D eigenvalue weighted by Gasteiger charge is 2.50. The molecule has 1 aliphatic rings. The quantitative estimate of drug-likeness (QED) is 0.890. The fourth-order valence-corrected chi connectivity index (χ4v) is 2.87. The first-order valence-electron chi connectivity index (χ1n) is 6.67. The Morgan fingerprint density at radius 1 is 1.47 bits per heavy atom. The van der Waals surface area contributed by atoms with Crippen LogP contribution in [0.3, 0.4) is 0 Å². The highest BCUT2D eigenvalue weighted by atomic mass is 19.1. The summed E-state index contributed by atoms with van der Waals surface area (Å²) >= 11 is 0. The molecule has 1 saturated carbocycles. The van der Waals surface area contributed by atoms with E-state index in [1.165, 1.54) is 12.1 Å². The Bertz CT molecular complexity index is 482. The van der Waals surface area contributed by atoms with Gasteiger partial charge in [0, 0.05) is 0 Å². The lowest BCUT2D eigenvalue weighted by atomic mass is 9.62. The van der Waals surface area contributed by atoms with Gasteiger partial charge in [-0.05, 0) is 50.7 Å². The summed E-state index contributed by atoms with van der Waals surface area (Å²) in [6.07, 6.45) is 4.23. The maximum Gasteiger partial charge on any atom is 0.141 e. The molecule has 1 atom stereocenters. The molecule has 1 N–H and O–H groups in total. The topological polar surface area (TPSA) is 56.9 Å². The van der Waals surface area contributed by atoms with Crippen LogP contribution in [-0.2, 0) is 5.60 Å². The molecule has 2 rings (SSSR count). The molecule has 0 aromatic carbocycles. The van der Waals surface area contributed by atoms with E-state index in [4.69, 9.17) is 0 Å². The molecule has 4 heteroatoms. The van der Waals surface area contributed by atoms with Crippen LogP contribution in [0, 0.1) is 28.5 Å². The Hall–Kier alpha value is -1.47. The number of pyridine rings is 1. The monoisotopic (exact) mass is 262 g/mol. The molecule has 3 nitrogen and oxygen atoms in total. The highest BCUT2D eigenvalue weighted by molar-refractivity contribution is 5.23. The van der Waals surface area contributed by atoms with E-state index in [0.717, 1.165) is 19.0 Å². The van der Waals surface area contributed by atoms with Crippen LogP contribution in [0.25, 0.3) is 0 Å². The van der Waals surface area contributed by atoms with Crippen LogP contribution in [0.4, 0.5) is 4.39 Å². The van der Waals surface area contributed by atoms with Gasteiger partial charge < -0.3 is 5.11 Å². The largest absolute Gasteiger partial charge is 0.382 e. The molecule has 0 amide bonds. The van der Waals surface area contributed by atoms with E-state index in [0.29, 0.717) is 24.5 Å². The van der Waals surface area contributed by atoms with Gasteiger partial charge in [0.1, 0.15) is 11.4 Å². The summed E-state index contributed by atoms with van der Waals surface area (Å²) in [6, 6.07) is 5.04. The molecule has 1 fully saturated rings. The van der Waals surface area contributed by atoms with E-state index in [-0.39, 0.29) is 0 Å². The van der Waals surface area contributed by atoms with E-state index >= 15 is 0 Å². The summed E-state index contributed by atoms with van der Waals surface area (Å²) in [5.74, 6) is 0.140. The lowest BCUT2D eigenvalue weighted by molar-refractivity contribution is -0.0718. The molecular weight excluding hydrogens is 243 g/mol. The number of nitrogens with zero attached hydrogens (tertiary/aromatic N) is 2. The number of aromatic nitrogens is 1. The molecule has 0 bridgehead atoms. The zero-order chi connectivity index (χ0) is 14.1. The van der Waals surface area contributed by atoms with E-state index in [1.54, 1.807) is 6.92 Å². The van der Waals surface area contributed by atoms with Crippen LogP contribution < -0.4 is 0 Å². The van der Waals surface area contributed by atoms with Gasteiger partial charge >= 0.3 is 0 Å². The van der Waals surface area contributed by atoms with Gasteiger partial charge in [0.2, 0.25) is 0 Å². The molecule has 1 heterocycles. The zero-order valence-electron chi connectivity index (χ0n) is 11.4. The molecule has 19 heavy (non-hydrogen) atoms. The second-order valence-electron chi connectivity index (χ2n) is 5.81. The van der Waals surface area contributed by atoms with E-state index in [9.17, 15) is 14.8 Å². The van der Waals surface area contributed by atoms with Gasteiger partial charge in [-0.3, -0.25) is 4.98 Å². The summed E-state index contributed by atoms with van der Waals surface area (Å²) in [5, 5.41) is 20.4. The smallest absolute Gasteiger partial charge is 0.141 e. The summed E-state index contributed by atoms with van der Waals surface area (Å²) in [7, 11) is 0. The Balaban J connectivity index is 2.36. The van der Waals surface area contributed by atoms with Crippen LogP contribution in [-0.4, -0.2) is 10.1 Å². The number of nitriles is 1. The Kier molecular flexibility index (Phi) is 3.60. The normalized spacial score (nSPS) is 30.4. The number of hydrogen-bond donors (Lipinski definition) is 1. The van der Waals surface area contributed by atoms with Gasteiger partial charge in [-0.2, -0.15) is 5.26 Å². The molecular formula is C15H19FN2O. The molecule has 0 saturated heterocycles. The van der Waals surface area contributed by atoms with E-state index in [1.807, 2.05) is 0 Å². The first-order valence-corrected chi connectivity index (χ1v) is 6.67. The molecule has 0 radical (unpaired) electrons. The van der Waals surface area contributed by atoms with Crippen LogP contribution in [0.15, 0.2) is 18.3 Å². The van der Waals surface area contributed by atoms with Crippen LogP contribution in [0.1, 0.15) is 45.2 Å². The number of halogens is 1. The molecule has 1 aromatic heterocycles. The number of hydrogen-bond acceptors (Lipinski definition) is 3. The van der Waals surface area contributed by atoms with E-state index < -0.39 is 16.8 Å². The average Bonchev–Trinajstić information content (AvgIpc) is 2.40. The molecule has 1 aliphatic carbocycles. The lowest BCUT2D eigenvalue weighted by Crippen LogP contribution is -2.45. The van der Waals surface area contributed by atoms with Crippen molar-refractivity contribution in [3.05, 3.63) is 29.8 Å². The maximum atomic E-state index is 12.9. The predicted molar refractivity (Wildman–Crippen MR) is 69.4 cm³/mol. The van der Waals surface area contributed by atoms with Crippen LogP contribution >= 0.6 is 0 Å². The van der Waals surface area contributed by atoms with Gasteiger partial charge in [-0.25, -0.2) is 4.39 Å². The average molecular weight is 262 g/mol. The zero-order valence-corrected chi connectivity index (χ0v) is 11.4. The van der Waals surface area contributed by atoms with Crippen molar-refractivity contribution in [1.82, 2.24) is 4.98 Å². The van der Waals surface area contributed by atoms with Crippen molar-refractivity contribution in [3.8, 4) is 6.07 Å². The molecule has 0 aliphatic heterocycles. The Labute approximate surface area is 113 Å². The molecule has 0 spiro atoms. The second-order valence-corrected chi connectivity index (χ2v) is 5.81. The SMILES string of the molecule is CC1CCC(C#N)(C(C)(O)c2ccc(F)cn2)CC1. The first-order chi connectivity index (χ1) is 8.91. The van der Waals surface area contributed by atoms with Crippen LogP contribution in [0.5, 0.6) is 0 Å². The highest BCUT2D eigenvalue weighted by Crippen LogP contribution is 2.50. The van der Waals surface area contributed by atoms with Gasteiger partial charge in [0.15, 0.2) is 0 Å². The minimum Gasteiger partial charge on any atom is -0.382 e. The van der Waals surface area contributed by atoms with E-state index in [2.05, 4.69) is 18.0 Å². The van der Waals surface area contributed by atoms with Crippen molar-refractivity contribution in [1.29, 1.82) is 5.26 Å². The third kappa shape index (κ3) is 2.35. The van der Waals surface area contributed by atoms with Gasteiger partial charge in [0.25, 0.3) is 0 Å². The summed E-state index contributed by atoms with van der Waals surface area (Å²) < 4.78 is 12.9. The fraction of sp³-hybridized carbons (Fsp3) is 0.600. The summed E-state index contributed by atoms with van der Waals surface area (Å²) in [5.41, 5.74) is -1.81. The third-order valence-electron chi connectivity index (χ3n) is 4.50. The summed E-state index contributed by atoms with van der Waals surface area (Å²) in [4.78, 5) is 3.96. The van der Waals surface area contributed by atoms with Crippen molar-refractivity contribution >= 4 is 0 Å². The number of aliphatic hydroxyl groups is 1. The minimum atomic E-state index is -1.35. The van der Waals surface area contributed by atoms with Crippen molar-refractivity contribution in [2.24, 2.45) is 11.3 Å². The Morgan fingerprint density at radius 2 is 2.11 bits per heavy atom. The fourth-order valence-electron chi connectivity index (χ4n) is 2.87. The van der Waals surface area contributed by atoms with Gasteiger partial charge in [0.05, 0.1) is 23.4 Å². The van der Waals surface area contributed by atoms with Crippen LogP contribution in [0.2, 0.25) is 0 Å². The van der Waals surface area contributed by atoms with Gasteiger partial charge in [-0.1, -0.05) is 6.92 Å². The molecule has 102 valence electrons. The maximum absolute atomic E-state index is 12.9.